The molecule has 0 aliphatic carbocycles. The number of ether oxygens (including phenoxy) is 2. The number of nitrogens with one attached hydrogen (secondary N) is 1. The highest BCUT2D eigenvalue weighted by Gasteiger charge is 2.30. The Balaban J connectivity index is 1.48. The Bertz CT molecular complexity index is 1050. The van der Waals surface area contributed by atoms with Crippen LogP contribution in [0.25, 0.3) is 0 Å². The van der Waals surface area contributed by atoms with Gasteiger partial charge in [-0.25, -0.2) is 4.79 Å². The summed E-state index contributed by atoms with van der Waals surface area (Å²) < 4.78 is 11.7. The lowest BCUT2D eigenvalue weighted by atomic mass is 9.93. The van der Waals surface area contributed by atoms with Gasteiger partial charge in [-0.3, -0.25) is 0 Å². The zero-order valence-electron chi connectivity index (χ0n) is 18.9. The summed E-state index contributed by atoms with van der Waals surface area (Å²) in [5, 5.41) is 3.14. The van der Waals surface area contributed by atoms with Gasteiger partial charge in [-0.2, -0.15) is 0 Å². The molecule has 0 saturated heterocycles. The fraction of sp³-hybridized carbons (Fsp3) is 0.296. The van der Waals surface area contributed by atoms with Crippen LogP contribution in [0.5, 0.6) is 11.5 Å². The van der Waals surface area contributed by atoms with Gasteiger partial charge in [0.1, 0.15) is 6.61 Å². The summed E-state index contributed by atoms with van der Waals surface area (Å²) in [7, 11) is 1.65. The molecule has 0 aromatic heterocycles. The molecule has 0 fully saturated rings. The number of hydrogen-bond acceptors (Lipinski definition) is 3. The number of methoxy groups -OCH3 is 1. The predicted octanol–water partition coefficient (Wildman–Crippen LogP) is 5.66. The molecule has 1 N–H and O–H groups in total. The summed E-state index contributed by atoms with van der Waals surface area (Å²) >= 11 is 0. The minimum absolute atomic E-state index is 0.0529. The average molecular weight is 431 g/mol. The van der Waals surface area contributed by atoms with Crippen LogP contribution in [0.15, 0.2) is 72.8 Å². The van der Waals surface area contributed by atoms with Gasteiger partial charge in [0, 0.05) is 6.54 Å². The van der Waals surface area contributed by atoms with Crippen molar-refractivity contribution in [2.24, 2.45) is 0 Å². The topological polar surface area (TPSA) is 50.8 Å². The van der Waals surface area contributed by atoms with Crippen LogP contribution in [0.4, 0.5) is 4.79 Å². The van der Waals surface area contributed by atoms with Crippen LogP contribution < -0.4 is 14.8 Å². The summed E-state index contributed by atoms with van der Waals surface area (Å²) in [5.74, 6) is 1.42. The van der Waals surface area contributed by atoms with Crippen molar-refractivity contribution in [1.82, 2.24) is 10.2 Å². The van der Waals surface area contributed by atoms with Gasteiger partial charge < -0.3 is 19.7 Å². The molecule has 5 heteroatoms. The van der Waals surface area contributed by atoms with Crippen molar-refractivity contribution in [3.05, 3.63) is 95.1 Å². The maximum Gasteiger partial charge on any atom is 0.318 e. The normalized spacial score (nSPS) is 16.1. The monoisotopic (exact) mass is 430 g/mol. The van der Waals surface area contributed by atoms with Crippen LogP contribution in [-0.2, 0) is 13.0 Å². The van der Waals surface area contributed by atoms with Gasteiger partial charge in [-0.05, 0) is 54.7 Å². The van der Waals surface area contributed by atoms with E-state index in [1.165, 1.54) is 5.56 Å². The Labute approximate surface area is 190 Å². The maximum atomic E-state index is 13.0. The van der Waals surface area contributed by atoms with Crippen molar-refractivity contribution in [3.63, 3.8) is 0 Å². The van der Waals surface area contributed by atoms with E-state index in [0.717, 1.165) is 28.9 Å². The lowest BCUT2D eigenvalue weighted by molar-refractivity contribution is 0.171. The molecule has 5 nitrogen and oxygen atoms in total. The van der Waals surface area contributed by atoms with Crippen molar-refractivity contribution >= 4 is 6.03 Å². The van der Waals surface area contributed by atoms with Crippen molar-refractivity contribution in [2.45, 2.75) is 39.0 Å². The third kappa shape index (κ3) is 4.72. The number of carbonyl (C=O) groups is 1. The first-order valence-electron chi connectivity index (χ1n) is 11.1. The molecule has 0 spiro atoms. The number of fused-ring (bicyclic) bond motifs is 1. The number of benzene rings is 3. The second kappa shape index (κ2) is 9.77. The zero-order chi connectivity index (χ0) is 22.5. The van der Waals surface area contributed by atoms with Crippen LogP contribution in [-0.4, -0.2) is 24.6 Å². The lowest BCUT2D eigenvalue weighted by Crippen LogP contribution is -2.45. The third-order valence-corrected chi connectivity index (χ3v) is 6.10. The molecule has 2 unspecified atom stereocenters. The number of nitrogens with zero attached hydrogens (tertiary/aromatic N) is 1. The van der Waals surface area contributed by atoms with E-state index in [1.54, 1.807) is 7.11 Å². The fourth-order valence-electron chi connectivity index (χ4n) is 4.20. The molecule has 2 amide bonds. The van der Waals surface area contributed by atoms with E-state index in [0.29, 0.717) is 18.9 Å². The van der Waals surface area contributed by atoms with E-state index < -0.39 is 0 Å². The number of carbonyl (C=O) groups excluding carboxylic acids is 1. The minimum atomic E-state index is -0.0567. The molecule has 32 heavy (non-hydrogen) atoms. The zero-order valence-corrected chi connectivity index (χ0v) is 18.9. The largest absolute Gasteiger partial charge is 0.493 e. The molecule has 1 heterocycles. The Morgan fingerprint density at radius 3 is 2.44 bits per heavy atom. The van der Waals surface area contributed by atoms with Gasteiger partial charge >= 0.3 is 6.03 Å². The van der Waals surface area contributed by atoms with Gasteiger partial charge in [0.2, 0.25) is 0 Å². The predicted molar refractivity (Wildman–Crippen MR) is 126 cm³/mol. The van der Waals surface area contributed by atoms with Crippen LogP contribution in [0.3, 0.4) is 0 Å². The van der Waals surface area contributed by atoms with Crippen LogP contribution in [0.2, 0.25) is 0 Å². The average Bonchev–Trinajstić information content (AvgIpc) is 2.83. The van der Waals surface area contributed by atoms with Crippen LogP contribution >= 0.6 is 0 Å². The van der Waals surface area contributed by atoms with E-state index in [-0.39, 0.29) is 18.1 Å². The van der Waals surface area contributed by atoms with Crippen molar-refractivity contribution in [3.8, 4) is 11.5 Å². The minimum Gasteiger partial charge on any atom is -0.493 e. The summed E-state index contributed by atoms with van der Waals surface area (Å²) in [6.07, 6.45) is 0.776. The summed E-state index contributed by atoms with van der Waals surface area (Å²) in [6, 6.07) is 24.0. The third-order valence-electron chi connectivity index (χ3n) is 6.10. The first kappa shape index (κ1) is 21.8. The van der Waals surface area contributed by atoms with E-state index in [1.807, 2.05) is 78.6 Å². The molecule has 0 bridgehead atoms. The number of rotatable bonds is 6. The molecule has 1 aliphatic heterocycles. The van der Waals surface area contributed by atoms with Crippen molar-refractivity contribution in [1.29, 1.82) is 0 Å². The highest BCUT2D eigenvalue weighted by molar-refractivity contribution is 5.76. The first-order chi connectivity index (χ1) is 15.6. The van der Waals surface area contributed by atoms with Crippen molar-refractivity contribution < 1.29 is 14.3 Å². The van der Waals surface area contributed by atoms with E-state index in [4.69, 9.17) is 9.47 Å². The van der Waals surface area contributed by atoms with Crippen LogP contribution in [0, 0.1) is 0 Å². The molecule has 4 rings (SSSR count). The summed E-state index contributed by atoms with van der Waals surface area (Å²) in [4.78, 5) is 14.9. The highest BCUT2D eigenvalue weighted by Crippen LogP contribution is 2.38. The Kier molecular flexibility index (Phi) is 6.64. The second-order valence-corrected chi connectivity index (χ2v) is 8.18. The fourth-order valence-corrected chi connectivity index (χ4v) is 4.20. The SMILES string of the molecule is COc1cc2c(cc1OCc1ccccc1)CCN(C(=O)NC(C)c1ccccc1)C2C. The van der Waals surface area contributed by atoms with Gasteiger partial charge in [0.15, 0.2) is 11.5 Å². The molecule has 3 aromatic carbocycles. The van der Waals surface area contributed by atoms with E-state index >= 15 is 0 Å². The van der Waals surface area contributed by atoms with Crippen molar-refractivity contribution in [2.75, 3.05) is 13.7 Å². The Hall–Kier alpha value is -3.47. The van der Waals surface area contributed by atoms with E-state index in [9.17, 15) is 4.79 Å². The maximum absolute atomic E-state index is 13.0. The molecule has 0 saturated carbocycles. The Morgan fingerprint density at radius 1 is 1.06 bits per heavy atom. The van der Waals surface area contributed by atoms with E-state index in [2.05, 4.69) is 18.3 Å². The first-order valence-corrected chi connectivity index (χ1v) is 11.1. The quantitative estimate of drug-likeness (QED) is 0.549. The second-order valence-electron chi connectivity index (χ2n) is 8.18. The van der Waals surface area contributed by atoms with Gasteiger partial charge in [0.25, 0.3) is 0 Å². The molecule has 166 valence electrons. The number of amides is 2. The Morgan fingerprint density at radius 2 is 1.75 bits per heavy atom. The van der Waals surface area contributed by atoms with Gasteiger partial charge in [-0.1, -0.05) is 60.7 Å². The summed E-state index contributed by atoms with van der Waals surface area (Å²) in [5.41, 5.74) is 4.49. The number of hydrogen-bond donors (Lipinski definition) is 1. The molecular formula is C27H30N2O3. The lowest BCUT2D eigenvalue weighted by Gasteiger charge is -2.36. The van der Waals surface area contributed by atoms with Crippen LogP contribution in [0.1, 0.15) is 48.2 Å². The molecule has 3 aromatic rings. The molecule has 2 atom stereocenters. The molecular weight excluding hydrogens is 400 g/mol. The molecule has 1 aliphatic rings. The standard InChI is InChI=1S/C27H30N2O3/c1-19(22-12-8-5-9-13-22)28-27(30)29-15-14-23-16-26(25(31-3)17-24(23)20(29)2)32-18-21-10-6-4-7-11-21/h4-13,16-17,19-20H,14-15,18H2,1-3H3,(H,28,30). The highest BCUT2D eigenvalue weighted by atomic mass is 16.5. The molecule has 0 radical (unpaired) electrons. The van der Waals surface area contributed by atoms with Gasteiger partial charge in [-0.15, -0.1) is 0 Å². The smallest absolute Gasteiger partial charge is 0.318 e. The van der Waals surface area contributed by atoms with Gasteiger partial charge in [0.05, 0.1) is 19.2 Å². The summed E-state index contributed by atoms with van der Waals surface area (Å²) in [6.45, 7) is 5.22. The number of urea groups is 1.